The number of carbonyl (C=O) groups is 1. The summed E-state index contributed by atoms with van der Waals surface area (Å²) >= 11 is 3.23. The molecule has 7 heteroatoms. The summed E-state index contributed by atoms with van der Waals surface area (Å²) in [6.45, 7) is -0.186. The second kappa shape index (κ2) is 6.85. The summed E-state index contributed by atoms with van der Waals surface area (Å²) in [6.07, 6.45) is 0. The van der Waals surface area contributed by atoms with Crippen LogP contribution in [-0.4, -0.2) is 29.3 Å². The van der Waals surface area contributed by atoms with Gasteiger partial charge in [0.25, 0.3) is 12.5 Å². The molecular formula is C10H11BrN2O4. The minimum Gasteiger partial charge on any atom is -0.493 e. The molecule has 1 aromatic rings. The number of halogens is 1. The van der Waals surface area contributed by atoms with Gasteiger partial charge in [-0.05, 0) is 24.3 Å². The Morgan fingerprint density at radius 2 is 2.06 bits per heavy atom. The zero-order valence-corrected chi connectivity index (χ0v) is 10.5. The summed E-state index contributed by atoms with van der Waals surface area (Å²) in [6, 6.07) is 6.62. The molecule has 0 spiro atoms. The van der Waals surface area contributed by atoms with Gasteiger partial charge < -0.3 is 10.1 Å². The van der Waals surface area contributed by atoms with Crippen LogP contribution in [0.5, 0.6) is 5.75 Å². The molecule has 0 unspecified atom stereocenters. The number of benzene rings is 1. The van der Waals surface area contributed by atoms with Crippen LogP contribution < -0.4 is 10.1 Å². The highest BCUT2D eigenvalue weighted by atomic mass is 79.9. The minimum atomic E-state index is -0.734. The van der Waals surface area contributed by atoms with E-state index in [2.05, 4.69) is 21.2 Å². The number of hydrogen-bond acceptors (Lipinski definition) is 4. The Balaban J connectivity index is 2.50. The Kier molecular flexibility index (Phi) is 5.41. The van der Waals surface area contributed by atoms with Gasteiger partial charge in [0.1, 0.15) is 5.75 Å². The molecule has 0 bridgehead atoms. The van der Waals surface area contributed by atoms with Crippen LogP contribution in [0.4, 0.5) is 5.69 Å². The van der Waals surface area contributed by atoms with Gasteiger partial charge in [-0.2, -0.15) is 0 Å². The molecule has 0 saturated heterocycles. The normalized spacial score (nSPS) is 9.71. The molecule has 1 N–H and O–H groups in total. The van der Waals surface area contributed by atoms with Crippen molar-refractivity contribution in [2.24, 2.45) is 0 Å². The van der Waals surface area contributed by atoms with Crippen LogP contribution in [-0.2, 0) is 4.79 Å². The maximum Gasteiger partial charge on any atom is 0.296 e. The molecule has 1 amide bonds. The molecular weight excluding hydrogens is 292 g/mol. The first-order valence-corrected chi connectivity index (χ1v) is 5.94. The summed E-state index contributed by atoms with van der Waals surface area (Å²) in [4.78, 5) is 20.5. The summed E-state index contributed by atoms with van der Waals surface area (Å²) in [5.41, 5.74) is 0.503. The van der Waals surface area contributed by atoms with E-state index in [9.17, 15) is 14.9 Å². The van der Waals surface area contributed by atoms with E-state index in [0.29, 0.717) is 18.0 Å². The number of hydrogen-bond donors (Lipinski definition) is 1. The first-order valence-electron chi connectivity index (χ1n) is 4.82. The van der Waals surface area contributed by atoms with E-state index < -0.39 is 17.4 Å². The molecule has 0 aliphatic rings. The number of anilines is 1. The van der Waals surface area contributed by atoms with Crippen molar-refractivity contribution in [3.63, 3.8) is 0 Å². The molecule has 0 heterocycles. The van der Waals surface area contributed by atoms with Gasteiger partial charge in [0, 0.05) is 15.9 Å². The molecule has 17 heavy (non-hydrogen) atoms. The fourth-order valence-electron chi connectivity index (χ4n) is 1.11. The zero-order chi connectivity index (χ0) is 12.7. The largest absolute Gasteiger partial charge is 0.493 e. The molecule has 0 atom stereocenters. The third-order valence-corrected chi connectivity index (χ3v) is 2.08. The number of carbonyl (C=O) groups excluding carboxylic acids is 1. The van der Waals surface area contributed by atoms with Crippen molar-refractivity contribution in [2.45, 2.75) is 0 Å². The van der Waals surface area contributed by atoms with Crippen molar-refractivity contribution in [3.05, 3.63) is 34.4 Å². The van der Waals surface area contributed by atoms with Crippen molar-refractivity contribution >= 4 is 27.5 Å². The number of ether oxygens (including phenoxy) is 1. The van der Waals surface area contributed by atoms with Crippen molar-refractivity contribution in [1.29, 1.82) is 0 Å². The number of amides is 1. The Bertz CT molecular complexity index is 394. The molecule has 0 radical (unpaired) electrons. The van der Waals surface area contributed by atoms with Gasteiger partial charge in [-0.3, -0.25) is 14.9 Å². The second-order valence-corrected chi connectivity index (χ2v) is 3.89. The van der Waals surface area contributed by atoms with Gasteiger partial charge in [0.05, 0.1) is 6.61 Å². The van der Waals surface area contributed by atoms with E-state index in [0.717, 1.165) is 5.33 Å². The van der Waals surface area contributed by atoms with E-state index >= 15 is 0 Å². The number of alkyl halides is 1. The molecule has 0 fully saturated rings. The van der Waals surface area contributed by atoms with Gasteiger partial charge in [-0.15, -0.1) is 0 Å². The Morgan fingerprint density at radius 1 is 1.41 bits per heavy atom. The van der Waals surface area contributed by atoms with Crippen LogP contribution in [0.25, 0.3) is 0 Å². The van der Waals surface area contributed by atoms with Crippen molar-refractivity contribution in [3.8, 4) is 5.75 Å². The maximum atomic E-state index is 11.1. The highest BCUT2D eigenvalue weighted by Gasteiger charge is 2.09. The molecule has 0 aliphatic heterocycles. The number of nitro groups is 1. The van der Waals surface area contributed by atoms with Crippen LogP contribution in [0, 0.1) is 10.1 Å². The third-order valence-electron chi connectivity index (χ3n) is 1.76. The van der Waals surface area contributed by atoms with Gasteiger partial charge in [-0.25, -0.2) is 0 Å². The van der Waals surface area contributed by atoms with E-state index in [4.69, 9.17) is 4.74 Å². The maximum absolute atomic E-state index is 11.1. The van der Waals surface area contributed by atoms with Crippen LogP contribution in [0.1, 0.15) is 0 Å². The smallest absolute Gasteiger partial charge is 0.296 e. The van der Waals surface area contributed by atoms with Crippen molar-refractivity contribution < 1.29 is 14.5 Å². The summed E-state index contributed by atoms with van der Waals surface area (Å²) in [5, 5.41) is 13.2. The summed E-state index contributed by atoms with van der Waals surface area (Å²) in [7, 11) is 0. The van der Waals surface area contributed by atoms with E-state index in [1.807, 2.05) is 0 Å². The predicted octanol–water partition coefficient (Wildman–Crippen LogP) is 1.68. The average molecular weight is 303 g/mol. The SMILES string of the molecule is O=C(C[N+](=O)[O-])Nc1ccc(OCCBr)cc1. The van der Waals surface area contributed by atoms with E-state index in [1.54, 1.807) is 24.3 Å². The first kappa shape index (κ1) is 13.4. The molecule has 0 saturated carbocycles. The van der Waals surface area contributed by atoms with Gasteiger partial charge in [0.2, 0.25) is 0 Å². The predicted molar refractivity (Wildman–Crippen MR) is 66.2 cm³/mol. The molecule has 0 aliphatic carbocycles. The Labute approximate surface area is 106 Å². The Morgan fingerprint density at radius 3 is 2.59 bits per heavy atom. The monoisotopic (exact) mass is 302 g/mol. The molecule has 1 aromatic carbocycles. The summed E-state index contributed by atoms with van der Waals surface area (Å²) < 4.78 is 5.31. The standard InChI is InChI=1S/C10H11BrN2O4/c11-5-6-17-9-3-1-8(2-4-9)12-10(14)7-13(15)16/h1-4H,5-7H2,(H,12,14). The number of rotatable bonds is 6. The topological polar surface area (TPSA) is 81.5 Å². The van der Waals surface area contributed by atoms with Gasteiger partial charge >= 0.3 is 0 Å². The lowest BCUT2D eigenvalue weighted by Gasteiger charge is -2.05. The second-order valence-electron chi connectivity index (χ2n) is 3.10. The van der Waals surface area contributed by atoms with Gasteiger partial charge in [-0.1, -0.05) is 15.9 Å². The van der Waals surface area contributed by atoms with Crippen LogP contribution in [0.15, 0.2) is 24.3 Å². The molecule has 92 valence electrons. The fourth-order valence-corrected chi connectivity index (χ4v) is 1.27. The minimum absolute atomic E-state index is 0.503. The van der Waals surface area contributed by atoms with Crippen LogP contribution in [0.3, 0.4) is 0 Å². The van der Waals surface area contributed by atoms with Crippen molar-refractivity contribution in [2.75, 3.05) is 23.8 Å². The zero-order valence-electron chi connectivity index (χ0n) is 8.89. The molecule has 0 aromatic heterocycles. The quantitative estimate of drug-likeness (QED) is 0.492. The third kappa shape index (κ3) is 5.30. The van der Waals surface area contributed by atoms with Crippen LogP contribution >= 0.6 is 15.9 Å². The van der Waals surface area contributed by atoms with Gasteiger partial charge in [0.15, 0.2) is 0 Å². The lowest BCUT2D eigenvalue weighted by atomic mass is 10.3. The van der Waals surface area contributed by atoms with Crippen LogP contribution in [0.2, 0.25) is 0 Å². The summed E-state index contributed by atoms with van der Waals surface area (Å²) in [5.74, 6) is 0.0286. The van der Waals surface area contributed by atoms with Crippen molar-refractivity contribution in [1.82, 2.24) is 0 Å². The Hall–Kier alpha value is -1.63. The highest BCUT2D eigenvalue weighted by Crippen LogP contribution is 2.15. The first-order chi connectivity index (χ1) is 8.11. The number of nitrogens with one attached hydrogen (secondary N) is 1. The highest BCUT2D eigenvalue weighted by molar-refractivity contribution is 9.09. The molecule has 6 nitrogen and oxygen atoms in total. The fraction of sp³-hybridized carbons (Fsp3) is 0.300. The molecule has 1 rings (SSSR count). The van der Waals surface area contributed by atoms with E-state index in [1.165, 1.54) is 0 Å². The lowest BCUT2D eigenvalue weighted by Crippen LogP contribution is -2.21. The average Bonchev–Trinajstić information content (AvgIpc) is 2.27. The lowest BCUT2D eigenvalue weighted by molar-refractivity contribution is -0.467. The number of nitrogens with zero attached hydrogens (tertiary/aromatic N) is 1. The van der Waals surface area contributed by atoms with E-state index in [-0.39, 0.29) is 0 Å².